The molecular weight excluding hydrogens is 472 g/mol. The SMILES string of the molecule is CN1CCN(C2CCC(n3nc(-c4ccc(NCCc5ccccc5)cc4)c4c(N)ncnc43)CC2)CC1. The molecule has 2 aliphatic rings. The van der Waals surface area contributed by atoms with Crippen LogP contribution in [-0.2, 0) is 6.42 Å². The number of anilines is 2. The van der Waals surface area contributed by atoms with Crippen LogP contribution in [0, 0.1) is 0 Å². The normalized spacial score (nSPS) is 21.1. The fourth-order valence-electron chi connectivity index (χ4n) is 6.05. The number of rotatable bonds is 7. The summed E-state index contributed by atoms with van der Waals surface area (Å²) in [6, 6.07) is 20.0. The largest absolute Gasteiger partial charge is 0.385 e. The zero-order valence-corrected chi connectivity index (χ0v) is 22.3. The van der Waals surface area contributed by atoms with E-state index in [0.29, 0.717) is 17.9 Å². The van der Waals surface area contributed by atoms with Gasteiger partial charge in [0.25, 0.3) is 0 Å². The van der Waals surface area contributed by atoms with Crippen molar-refractivity contribution in [3.63, 3.8) is 0 Å². The van der Waals surface area contributed by atoms with Crippen molar-refractivity contribution in [1.82, 2.24) is 29.5 Å². The number of nitrogens with one attached hydrogen (secondary N) is 1. The van der Waals surface area contributed by atoms with E-state index in [2.05, 4.69) is 91.4 Å². The van der Waals surface area contributed by atoms with Crippen molar-refractivity contribution in [2.45, 2.75) is 44.2 Å². The van der Waals surface area contributed by atoms with Gasteiger partial charge in [-0.15, -0.1) is 0 Å². The lowest BCUT2D eigenvalue weighted by Gasteiger charge is -2.41. The molecule has 198 valence electrons. The Morgan fingerprint density at radius 2 is 1.58 bits per heavy atom. The zero-order valence-electron chi connectivity index (χ0n) is 22.3. The van der Waals surface area contributed by atoms with E-state index >= 15 is 0 Å². The first-order valence-corrected chi connectivity index (χ1v) is 14.0. The van der Waals surface area contributed by atoms with Crippen LogP contribution in [0.15, 0.2) is 60.9 Å². The summed E-state index contributed by atoms with van der Waals surface area (Å²) in [4.78, 5) is 14.1. The molecule has 0 unspecified atom stereocenters. The minimum Gasteiger partial charge on any atom is -0.385 e. The second-order valence-corrected chi connectivity index (χ2v) is 10.8. The minimum atomic E-state index is 0.336. The first kappa shape index (κ1) is 24.8. The van der Waals surface area contributed by atoms with Crippen LogP contribution in [0.3, 0.4) is 0 Å². The minimum absolute atomic E-state index is 0.336. The molecule has 6 rings (SSSR count). The molecule has 3 heterocycles. The van der Waals surface area contributed by atoms with E-state index in [1.807, 2.05) is 0 Å². The van der Waals surface area contributed by atoms with E-state index in [1.54, 1.807) is 6.33 Å². The number of hydrogen-bond donors (Lipinski definition) is 2. The molecule has 1 aliphatic heterocycles. The van der Waals surface area contributed by atoms with E-state index in [4.69, 9.17) is 10.8 Å². The number of likely N-dealkylation sites (N-methyl/N-ethyl adjacent to an activating group) is 1. The second kappa shape index (κ2) is 11.1. The Bertz CT molecular complexity index is 1330. The van der Waals surface area contributed by atoms with Crippen molar-refractivity contribution < 1.29 is 0 Å². The maximum Gasteiger partial charge on any atom is 0.164 e. The molecule has 0 bridgehead atoms. The summed E-state index contributed by atoms with van der Waals surface area (Å²) in [7, 11) is 2.22. The molecule has 2 aromatic heterocycles. The molecule has 8 nitrogen and oxygen atoms in total. The van der Waals surface area contributed by atoms with Gasteiger partial charge in [0, 0.05) is 50.0 Å². The third-order valence-electron chi connectivity index (χ3n) is 8.33. The number of nitrogens with zero attached hydrogens (tertiary/aromatic N) is 6. The van der Waals surface area contributed by atoms with Crippen LogP contribution in [0.4, 0.5) is 11.5 Å². The first-order chi connectivity index (χ1) is 18.7. The van der Waals surface area contributed by atoms with E-state index in [9.17, 15) is 0 Å². The number of hydrogen-bond acceptors (Lipinski definition) is 7. The number of aromatic nitrogens is 4. The summed E-state index contributed by atoms with van der Waals surface area (Å²) in [6.45, 7) is 5.59. The maximum atomic E-state index is 6.39. The van der Waals surface area contributed by atoms with Gasteiger partial charge >= 0.3 is 0 Å². The first-order valence-electron chi connectivity index (χ1n) is 14.0. The Morgan fingerprint density at radius 1 is 0.868 bits per heavy atom. The summed E-state index contributed by atoms with van der Waals surface area (Å²) in [5.74, 6) is 0.493. The molecular formula is C30H38N8. The third kappa shape index (κ3) is 5.24. The van der Waals surface area contributed by atoms with E-state index in [0.717, 1.165) is 53.8 Å². The van der Waals surface area contributed by atoms with Gasteiger partial charge in [-0.25, -0.2) is 14.6 Å². The van der Waals surface area contributed by atoms with Crippen LogP contribution in [0.25, 0.3) is 22.3 Å². The van der Waals surface area contributed by atoms with E-state index in [-0.39, 0.29) is 0 Å². The van der Waals surface area contributed by atoms with Gasteiger partial charge in [-0.2, -0.15) is 5.10 Å². The lowest BCUT2D eigenvalue weighted by atomic mass is 9.90. The Kier molecular flexibility index (Phi) is 7.25. The van der Waals surface area contributed by atoms with Gasteiger partial charge in [-0.1, -0.05) is 42.5 Å². The van der Waals surface area contributed by atoms with Crippen molar-refractivity contribution in [3.05, 3.63) is 66.5 Å². The quantitative estimate of drug-likeness (QED) is 0.379. The molecule has 2 fully saturated rings. The highest BCUT2D eigenvalue weighted by Gasteiger charge is 2.30. The van der Waals surface area contributed by atoms with Crippen LogP contribution in [0.1, 0.15) is 37.3 Å². The standard InChI is InChI=1S/C30H38N8/c1-36-17-19-37(20-18-36)25-11-13-26(14-12-25)38-30-27(29(31)33-21-34-30)28(35-38)23-7-9-24(10-8-23)32-16-15-22-5-3-2-4-6-22/h2-10,21,25-26,32H,11-20H2,1H3,(H2,31,33,34). The van der Waals surface area contributed by atoms with Crippen LogP contribution < -0.4 is 11.1 Å². The van der Waals surface area contributed by atoms with Gasteiger partial charge < -0.3 is 16.0 Å². The van der Waals surface area contributed by atoms with Crippen molar-refractivity contribution in [2.75, 3.05) is 50.8 Å². The topological polar surface area (TPSA) is 88.1 Å². The van der Waals surface area contributed by atoms with Crippen molar-refractivity contribution in [1.29, 1.82) is 0 Å². The van der Waals surface area contributed by atoms with E-state index in [1.165, 1.54) is 44.6 Å². The molecule has 0 spiro atoms. The fraction of sp³-hybridized carbons (Fsp3) is 0.433. The zero-order chi connectivity index (χ0) is 25.9. The maximum absolute atomic E-state index is 6.39. The summed E-state index contributed by atoms with van der Waals surface area (Å²) in [5.41, 5.74) is 11.6. The molecule has 1 saturated carbocycles. The number of fused-ring (bicyclic) bond motifs is 1. The number of piperazine rings is 1. The summed E-state index contributed by atoms with van der Waals surface area (Å²) < 4.78 is 2.13. The molecule has 0 radical (unpaired) electrons. The molecule has 38 heavy (non-hydrogen) atoms. The molecule has 1 saturated heterocycles. The fourth-order valence-corrected chi connectivity index (χ4v) is 6.05. The summed E-state index contributed by atoms with van der Waals surface area (Å²) in [6.07, 6.45) is 7.19. The second-order valence-electron chi connectivity index (χ2n) is 10.8. The summed E-state index contributed by atoms with van der Waals surface area (Å²) >= 11 is 0. The monoisotopic (exact) mass is 510 g/mol. The Morgan fingerprint density at radius 3 is 2.32 bits per heavy atom. The van der Waals surface area contributed by atoms with Gasteiger partial charge in [-0.3, -0.25) is 4.90 Å². The third-order valence-corrected chi connectivity index (χ3v) is 8.33. The Balaban J connectivity index is 1.17. The smallest absolute Gasteiger partial charge is 0.164 e. The molecule has 8 heteroatoms. The average Bonchev–Trinajstić information content (AvgIpc) is 3.36. The van der Waals surface area contributed by atoms with Gasteiger partial charge in [-0.05, 0) is 56.8 Å². The number of benzene rings is 2. The van der Waals surface area contributed by atoms with Gasteiger partial charge in [0.05, 0.1) is 11.4 Å². The Labute approximate surface area is 224 Å². The van der Waals surface area contributed by atoms with Crippen LogP contribution >= 0.6 is 0 Å². The molecule has 1 aliphatic carbocycles. The molecule has 0 amide bonds. The highest BCUT2D eigenvalue weighted by Crippen LogP contribution is 2.37. The lowest BCUT2D eigenvalue weighted by molar-refractivity contribution is 0.0815. The predicted molar refractivity (Wildman–Crippen MR) is 154 cm³/mol. The predicted octanol–water partition coefficient (Wildman–Crippen LogP) is 4.46. The highest BCUT2D eigenvalue weighted by molar-refractivity contribution is 5.98. The van der Waals surface area contributed by atoms with Crippen LogP contribution in [-0.4, -0.2) is 75.4 Å². The van der Waals surface area contributed by atoms with Gasteiger partial charge in [0.2, 0.25) is 0 Å². The molecule has 3 N–H and O–H groups in total. The van der Waals surface area contributed by atoms with E-state index < -0.39 is 0 Å². The lowest BCUT2D eigenvalue weighted by Crippen LogP contribution is -2.49. The van der Waals surface area contributed by atoms with Crippen molar-refractivity contribution >= 4 is 22.5 Å². The Hall–Kier alpha value is -3.49. The molecule has 0 atom stereocenters. The molecule has 4 aromatic rings. The average molecular weight is 511 g/mol. The van der Waals surface area contributed by atoms with Crippen molar-refractivity contribution in [2.24, 2.45) is 0 Å². The highest BCUT2D eigenvalue weighted by atomic mass is 15.3. The van der Waals surface area contributed by atoms with Crippen LogP contribution in [0.5, 0.6) is 0 Å². The summed E-state index contributed by atoms with van der Waals surface area (Å²) in [5, 5.41) is 9.51. The van der Waals surface area contributed by atoms with Crippen LogP contribution in [0.2, 0.25) is 0 Å². The van der Waals surface area contributed by atoms with Crippen molar-refractivity contribution in [3.8, 4) is 11.3 Å². The number of nitrogen functional groups attached to an aromatic ring is 1. The van der Waals surface area contributed by atoms with Gasteiger partial charge in [0.1, 0.15) is 17.8 Å². The number of nitrogens with two attached hydrogens (primary N) is 1. The van der Waals surface area contributed by atoms with Gasteiger partial charge in [0.15, 0.2) is 5.65 Å². The molecule has 2 aromatic carbocycles.